The molecule has 2 unspecified atom stereocenters. The molecule has 1 fully saturated rings. The van der Waals surface area contributed by atoms with Gasteiger partial charge in [-0.2, -0.15) is 0 Å². The van der Waals surface area contributed by atoms with Crippen molar-refractivity contribution in [3.63, 3.8) is 0 Å². The number of fused-ring (bicyclic) bond motifs is 1. The Kier molecular flexibility index (Phi) is 4.02. The summed E-state index contributed by atoms with van der Waals surface area (Å²) in [7, 11) is 0. The van der Waals surface area contributed by atoms with Gasteiger partial charge in [-0.3, -0.25) is 14.4 Å². The number of benzene rings is 1. The molecule has 2 atom stereocenters. The van der Waals surface area contributed by atoms with E-state index in [-0.39, 0.29) is 29.4 Å². The average Bonchev–Trinajstić information content (AvgIpc) is 2.78. The third-order valence-electron chi connectivity index (χ3n) is 3.90. The zero-order chi connectivity index (χ0) is 15.7. The van der Waals surface area contributed by atoms with E-state index in [1.807, 2.05) is 12.2 Å². The highest BCUT2D eigenvalue weighted by atomic mass is 32.2. The summed E-state index contributed by atoms with van der Waals surface area (Å²) in [5, 5.41) is 8.73. The summed E-state index contributed by atoms with van der Waals surface area (Å²) in [5.41, 5.74) is 0.521. The SMILES string of the molecule is O=C(O)CSc1cccc(N2C(=O)C3C=CCCC3C2=O)c1. The molecule has 2 aliphatic rings. The highest BCUT2D eigenvalue weighted by molar-refractivity contribution is 8.00. The molecule has 1 N–H and O–H groups in total. The zero-order valence-electron chi connectivity index (χ0n) is 11.8. The van der Waals surface area contributed by atoms with Gasteiger partial charge in [0.05, 0.1) is 23.3 Å². The molecule has 1 aromatic carbocycles. The van der Waals surface area contributed by atoms with E-state index in [1.165, 1.54) is 16.7 Å². The predicted octanol–water partition coefficient (Wildman–Crippen LogP) is 2.32. The zero-order valence-corrected chi connectivity index (χ0v) is 12.6. The van der Waals surface area contributed by atoms with Crippen molar-refractivity contribution >= 4 is 35.2 Å². The van der Waals surface area contributed by atoms with Gasteiger partial charge in [0, 0.05) is 4.90 Å². The third kappa shape index (κ3) is 2.66. The molecule has 1 aliphatic carbocycles. The third-order valence-corrected chi connectivity index (χ3v) is 4.88. The van der Waals surface area contributed by atoms with Gasteiger partial charge in [-0.25, -0.2) is 4.90 Å². The topological polar surface area (TPSA) is 74.7 Å². The minimum atomic E-state index is -0.903. The number of carbonyl (C=O) groups is 3. The second kappa shape index (κ2) is 5.96. The monoisotopic (exact) mass is 317 g/mol. The molecule has 1 saturated heterocycles. The van der Waals surface area contributed by atoms with Gasteiger partial charge >= 0.3 is 5.97 Å². The van der Waals surface area contributed by atoms with Gasteiger partial charge in [-0.1, -0.05) is 18.2 Å². The Labute approximate surface area is 132 Å². The van der Waals surface area contributed by atoms with E-state index in [0.717, 1.165) is 11.3 Å². The summed E-state index contributed by atoms with van der Waals surface area (Å²) in [6.07, 6.45) is 5.31. The van der Waals surface area contributed by atoms with Gasteiger partial charge in [0.25, 0.3) is 0 Å². The van der Waals surface area contributed by atoms with Gasteiger partial charge < -0.3 is 5.11 Å². The summed E-state index contributed by atoms with van der Waals surface area (Å²) in [5.74, 6) is -1.91. The van der Waals surface area contributed by atoms with Crippen molar-refractivity contribution in [3.05, 3.63) is 36.4 Å². The number of amides is 2. The highest BCUT2D eigenvalue weighted by Gasteiger charge is 2.47. The van der Waals surface area contributed by atoms with E-state index in [0.29, 0.717) is 12.1 Å². The maximum Gasteiger partial charge on any atom is 0.313 e. The number of hydrogen-bond donors (Lipinski definition) is 1. The van der Waals surface area contributed by atoms with Crippen LogP contribution in [0.2, 0.25) is 0 Å². The lowest BCUT2D eigenvalue weighted by atomic mass is 9.86. The van der Waals surface area contributed by atoms with Gasteiger partial charge in [0.2, 0.25) is 11.8 Å². The van der Waals surface area contributed by atoms with Crippen molar-refractivity contribution in [2.45, 2.75) is 17.7 Å². The van der Waals surface area contributed by atoms with E-state index < -0.39 is 5.97 Å². The van der Waals surface area contributed by atoms with Gasteiger partial charge in [-0.15, -0.1) is 11.8 Å². The summed E-state index contributed by atoms with van der Waals surface area (Å²) < 4.78 is 0. The fraction of sp³-hybridized carbons (Fsp3) is 0.312. The largest absolute Gasteiger partial charge is 0.481 e. The number of imide groups is 1. The molecule has 6 heteroatoms. The number of aliphatic carboxylic acids is 1. The quantitative estimate of drug-likeness (QED) is 0.524. The summed E-state index contributed by atoms with van der Waals surface area (Å²) >= 11 is 1.17. The number of hydrogen-bond acceptors (Lipinski definition) is 4. The molecular weight excluding hydrogens is 302 g/mol. The Bertz CT molecular complexity index is 670. The number of thioether (sulfide) groups is 1. The number of carbonyl (C=O) groups excluding carboxylic acids is 2. The van der Waals surface area contributed by atoms with Crippen LogP contribution < -0.4 is 4.90 Å². The number of carboxylic acids is 1. The van der Waals surface area contributed by atoms with E-state index in [9.17, 15) is 14.4 Å². The smallest absolute Gasteiger partial charge is 0.313 e. The number of nitrogens with zero attached hydrogens (tertiary/aromatic N) is 1. The van der Waals surface area contributed by atoms with Crippen LogP contribution in [0.15, 0.2) is 41.3 Å². The van der Waals surface area contributed by atoms with Gasteiger partial charge in [-0.05, 0) is 31.0 Å². The molecule has 114 valence electrons. The lowest BCUT2D eigenvalue weighted by Gasteiger charge is -2.15. The van der Waals surface area contributed by atoms with E-state index >= 15 is 0 Å². The summed E-state index contributed by atoms with van der Waals surface area (Å²) in [6.45, 7) is 0. The van der Waals surface area contributed by atoms with Crippen LogP contribution in [-0.2, 0) is 14.4 Å². The van der Waals surface area contributed by atoms with Crippen LogP contribution in [0.1, 0.15) is 12.8 Å². The van der Waals surface area contributed by atoms with Crippen molar-refractivity contribution in [2.24, 2.45) is 11.8 Å². The maximum absolute atomic E-state index is 12.5. The van der Waals surface area contributed by atoms with Crippen molar-refractivity contribution in [1.82, 2.24) is 0 Å². The molecule has 1 aliphatic heterocycles. The summed E-state index contributed by atoms with van der Waals surface area (Å²) in [4.78, 5) is 37.6. The van der Waals surface area contributed by atoms with Crippen molar-refractivity contribution < 1.29 is 19.5 Å². The van der Waals surface area contributed by atoms with E-state index in [1.54, 1.807) is 24.3 Å². The van der Waals surface area contributed by atoms with Crippen LogP contribution in [0.5, 0.6) is 0 Å². The molecule has 0 aromatic heterocycles. The first kappa shape index (κ1) is 14.8. The van der Waals surface area contributed by atoms with Crippen molar-refractivity contribution in [3.8, 4) is 0 Å². The number of carboxylic acid groups (broad SMARTS) is 1. The first-order chi connectivity index (χ1) is 10.6. The standard InChI is InChI=1S/C16H15NO4S/c18-14(19)9-22-11-5-3-4-10(8-11)17-15(20)12-6-1-2-7-13(12)16(17)21/h1,3-6,8,12-13H,2,7,9H2,(H,18,19). The molecule has 0 saturated carbocycles. The lowest BCUT2D eigenvalue weighted by Crippen LogP contribution is -2.30. The first-order valence-corrected chi connectivity index (χ1v) is 8.05. The highest BCUT2D eigenvalue weighted by Crippen LogP contribution is 2.37. The molecule has 1 heterocycles. The second-order valence-electron chi connectivity index (χ2n) is 5.33. The molecule has 2 amide bonds. The molecule has 1 aromatic rings. The molecule has 5 nitrogen and oxygen atoms in total. The second-order valence-corrected chi connectivity index (χ2v) is 6.38. The van der Waals surface area contributed by atoms with Crippen LogP contribution in [0.3, 0.4) is 0 Å². The average molecular weight is 317 g/mol. The minimum Gasteiger partial charge on any atom is -0.481 e. The molecule has 0 radical (unpaired) electrons. The fourth-order valence-electron chi connectivity index (χ4n) is 2.90. The number of allylic oxidation sites excluding steroid dienone is 1. The van der Waals surface area contributed by atoms with Crippen LogP contribution in [0.25, 0.3) is 0 Å². The maximum atomic E-state index is 12.5. The minimum absolute atomic E-state index is 0.0562. The summed E-state index contributed by atoms with van der Waals surface area (Å²) in [6, 6.07) is 6.92. The molecule has 22 heavy (non-hydrogen) atoms. The Hall–Kier alpha value is -2.08. The molecular formula is C16H15NO4S. The Morgan fingerprint density at radius 3 is 2.86 bits per heavy atom. The Balaban J connectivity index is 1.86. The fourth-order valence-corrected chi connectivity index (χ4v) is 3.57. The molecule has 0 bridgehead atoms. The van der Waals surface area contributed by atoms with E-state index in [2.05, 4.69) is 0 Å². The van der Waals surface area contributed by atoms with Gasteiger partial charge in [0.1, 0.15) is 0 Å². The first-order valence-electron chi connectivity index (χ1n) is 7.07. The van der Waals surface area contributed by atoms with Crippen LogP contribution in [0, 0.1) is 11.8 Å². The Morgan fingerprint density at radius 1 is 1.32 bits per heavy atom. The van der Waals surface area contributed by atoms with Crippen LogP contribution in [-0.4, -0.2) is 28.6 Å². The van der Waals surface area contributed by atoms with E-state index in [4.69, 9.17) is 5.11 Å². The van der Waals surface area contributed by atoms with Crippen LogP contribution >= 0.6 is 11.8 Å². The molecule has 0 spiro atoms. The van der Waals surface area contributed by atoms with Crippen LogP contribution in [0.4, 0.5) is 5.69 Å². The number of anilines is 1. The van der Waals surface area contributed by atoms with Gasteiger partial charge in [0.15, 0.2) is 0 Å². The molecule has 3 rings (SSSR count). The normalized spacial score (nSPS) is 23.7. The lowest BCUT2D eigenvalue weighted by molar-refractivity contribution is -0.134. The van der Waals surface area contributed by atoms with Crippen molar-refractivity contribution in [1.29, 1.82) is 0 Å². The predicted molar refractivity (Wildman–Crippen MR) is 82.6 cm³/mol. The van der Waals surface area contributed by atoms with Crippen molar-refractivity contribution in [2.75, 3.05) is 10.7 Å². The Morgan fingerprint density at radius 2 is 2.14 bits per heavy atom. The number of rotatable bonds is 4.